The van der Waals surface area contributed by atoms with Crippen LogP contribution >= 0.6 is 0 Å². The number of para-hydroxylation sites is 2. The number of anilines is 1. The molecule has 1 unspecified atom stereocenters. The fourth-order valence-electron chi connectivity index (χ4n) is 2.26. The summed E-state index contributed by atoms with van der Waals surface area (Å²) < 4.78 is 11.7. The Bertz CT molecular complexity index is 631. The molecule has 0 amide bonds. The van der Waals surface area contributed by atoms with E-state index in [1.54, 1.807) is 0 Å². The zero-order chi connectivity index (χ0) is 14.7. The zero-order valence-electron chi connectivity index (χ0n) is 12.3. The van der Waals surface area contributed by atoms with Gasteiger partial charge in [-0.25, -0.2) is 9.97 Å². The molecule has 0 spiro atoms. The van der Waals surface area contributed by atoms with E-state index in [0.29, 0.717) is 12.4 Å². The van der Waals surface area contributed by atoms with E-state index in [-0.39, 0.29) is 6.10 Å². The molecular weight excluding hydrogens is 266 g/mol. The minimum Gasteiger partial charge on any atom is -0.485 e. The van der Waals surface area contributed by atoms with Crippen LogP contribution in [0.3, 0.4) is 0 Å². The normalized spacial score (nSPS) is 16.6. The minimum atomic E-state index is -0.274. The molecule has 2 aromatic rings. The van der Waals surface area contributed by atoms with Crippen molar-refractivity contribution >= 4 is 5.82 Å². The summed E-state index contributed by atoms with van der Waals surface area (Å²) in [7, 11) is 0. The first-order valence-electron chi connectivity index (χ1n) is 7.30. The van der Waals surface area contributed by atoms with Crippen LogP contribution in [0.5, 0.6) is 11.5 Å². The summed E-state index contributed by atoms with van der Waals surface area (Å²) in [4.78, 5) is 9.12. The second-order valence-electron chi connectivity index (χ2n) is 4.85. The predicted molar refractivity (Wildman–Crippen MR) is 80.9 cm³/mol. The fourth-order valence-corrected chi connectivity index (χ4v) is 2.26. The standard InChI is InChI=1S/C16H19N3O2/c1-3-11-9-15(17-4-2)19-16(18-11)14-10-20-12-7-5-6-8-13(12)21-14/h5-9,14H,3-4,10H2,1-2H3,(H,17,18,19). The van der Waals surface area contributed by atoms with Crippen molar-refractivity contribution in [1.29, 1.82) is 0 Å². The molecule has 21 heavy (non-hydrogen) atoms. The van der Waals surface area contributed by atoms with E-state index >= 15 is 0 Å². The summed E-state index contributed by atoms with van der Waals surface area (Å²) in [6.07, 6.45) is 0.585. The number of fused-ring (bicyclic) bond motifs is 1. The lowest BCUT2D eigenvalue weighted by molar-refractivity contribution is 0.0850. The van der Waals surface area contributed by atoms with Gasteiger partial charge in [0.2, 0.25) is 0 Å². The van der Waals surface area contributed by atoms with E-state index in [9.17, 15) is 0 Å². The third-order valence-corrected chi connectivity index (χ3v) is 3.31. The minimum absolute atomic E-state index is 0.274. The van der Waals surface area contributed by atoms with Gasteiger partial charge in [-0.3, -0.25) is 0 Å². The quantitative estimate of drug-likeness (QED) is 0.936. The molecule has 0 saturated carbocycles. The maximum absolute atomic E-state index is 5.97. The van der Waals surface area contributed by atoms with Crippen molar-refractivity contribution < 1.29 is 9.47 Å². The number of hydrogen-bond acceptors (Lipinski definition) is 5. The smallest absolute Gasteiger partial charge is 0.192 e. The zero-order valence-corrected chi connectivity index (χ0v) is 12.3. The number of nitrogens with zero attached hydrogens (tertiary/aromatic N) is 2. The molecule has 1 atom stereocenters. The first-order valence-corrected chi connectivity index (χ1v) is 7.30. The molecule has 5 heteroatoms. The fraction of sp³-hybridized carbons (Fsp3) is 0.375. The Labute approximate surface area is 124 Å². The highest BCUT2D eigenvalue weighted by Gasteiger charge is 2.25. The number of aryl methyl sites for hydroxylation is 1. The lowest BCUT2D eigenvalue weighted by Gasteiger charge is -2.25. The van der Waals surface area contributed by atoms with Gasteiger partial charge in [-0.15, -0.1) is 0 Å². The van der Waals surface area contributed by atoms with Crippen molar-refractivity contribution in [3.63, 3.8) is 0 Å². The van der Waals surface area contributed by atoms with E-state index in [1.165, 1.54) is 0 Å². The maximum atomic E-state index is 5.97. The van der Waals surface area contributed by atoms with Crippen molar-refractivity contribution in [2.24, 2.45) is 0 Å². The summed E-state index contributed by atoms with van der Waals surface area (Å²) in [6.45, 7) is 5.37. The molecule has 1 N–H and O–H groups in total. The molecule has 0 radical (unpaired) electrons. The van der Waals surface area contributed by atoms with Crippen molar-refractivity contribution in [3.05, 3.63) is 41.9 Å². The molecule has 0 fully saturated rings. The van der Waals surface area contributed by atoms with Gasteiger partial charge in [-0.05, 0) is 25.5 Å². The Kier molecular flexibility index (Phi) is 3.90. The first-order chi connectivity index (χ1) is 10.3. The number of hydrogen-bond donors (Lipinski definition) is 1. The molecule has 0 bridgehead atoms. The van der Waals surface area contributed by atoms with Crippen LogP contribution in [0.15, 0.2) is 30.3 Å². The summed E-state index contributed by atoms with van der Waals surface area (Å²) in [5, 5.41) is 3.23. The topological polar surface area (TPSA) is 56.3 Å². The van der Waals surface area contributed by atoms with Gasteiger partial charge in [0.25, 0.3) is 0 Å². The molecule has 3 rings (SSSR count). The Balaban J connectivity index is 1.89. The van der Waals surface area contributed by atoms with Crippen molar-refractivity contribution in [1.82, 2.24) is 9.97 Å². The van der Waals surface area contributed by atoms with Crippen LogP contribution in [-0.2, 0) is 6.42 Å². The average molecular weight is 285 g/mol. The van der Waals surface area contributed by atoms with Crippen LogP contribution in [0.1, 0.15) is 31.5 Å². The largest absolute Gasteiger partial charge is 0.485 e. The van der Waals surface area contributed by atoms with Crippen LogP contribution in [0.25, 0.3) is 0 Å². The van der Waals surface area contributed by atoms with Gasteiger partial charge in [0.1, 0.15) is 12.4 Å². The Morgan fingerprint density at radius 3 is 2.76 bits per heavy atom. The van der Waals surface area contributed by atoms with Gasteiger partial charge < -0.3 is 14.8 Å². The van der Waals surface area contributed by atoms with E-state index < -0.39 is 0 Å². The van der Waals surface area contributed by atoms with Gasteiger partial charge in [-0.2, -0.15) is 0 Å². The Morgan fingerprint density at radius 1 is 1.19 bits per heavy atom. The number of ether oxygens (including phenoxy) is 2. The summed E-state index contributed by atoms with van der Waals surface area (Å²) in [5.41, 5.74) is 0.999. The van der Waals surface area contributed by atoms with Crippen molar-refractivity contribution in [2.45, 2.75) is 26.4 Å². The molecule has 1 aromatic heterocycles. The van der Waals surface area contributed by atoms with E-state index in [0.717, 1.165) is 36.0 Å². The van der Waals surface area contributed by atoms with Crippen LogP contribution < -0.4 is 14.8 Å². The van der Waals surface area contributed by atoms with Gasteiger partial charge >= 0.3 is 0 Å². The molecule has 2 heterocycles. The molecular formula is C16H19N3O2. The lowest BCUT2D eigenvalue weighted by atomic mass is 10.2. The van der Waals surface area contributed by atoms with Gasteiger partial charge in [-0.1, -0.05) is 19.1 Å². The van der Waals surface area contributed by atoms with Crippen molar-refractivity contribution in [2.75, 3.05) is 18.5 Å². The molecule has 0 saturated heterocycles. The van der Waals surface area contributed by atoms with Crippen molar-refractivity contribution in [3.8, 4) is 11.5 Å². The van der Waals surface area contributed by atoms with Gasteiger partial charge in [0.05, 0.1) is 0 Å². The summed E-state index contributed by atoms with van der Waals surface area (Å²) >= 11 is 0. The monoisotopic (exact) mass is 285 g/mol. The number of benzene rings is 1. The van der Waals surface area contributed by atoms with E-state index in [4.69, 9.17) is 9.47 Å². The van der Waals surface area contributed by atoms with Gasteiger partial charge in [0, 0.05) is 18.3 Å². The third kappa shape index (κ3) is 2.91. The average Bonchev–Trinajstić information content (AvgIpc) is 2.54. The Hall–Kier alpha value is -2.30. The summed E-state index contributed by atoms with van der Waals surface area (Å²) in [5.74, 6) is 3.01. The number of aromatic nitrogens is 2. The second kappa shape index (κ2) is 5.99. The van der Waals surface area contributed by atoms with Crippen LogP contribution in [0.2, 0.25) is 0 Å². The number of rotatable bonds is 4. The highest BCUT2D eigenvalue weighted by atomic mass is 16.6. The molecule has 0 aliphatic carbocycles. The van der Waals surface area contributed by atoms with Crippen LogP contribution in [0.4, 0.5) is 5.82 Å². The van der Waals surface area contributed by atoms with Crippen LogP contribution in [-0.4, -0.2) is 23.1 Å². The highest BCUT2D eigenvalue weighted by molar-refractivity contribution is 5.41. The number of nitrogens with one attached hydrogen (secondary N) is 1. The summed E-state index contributed by atoms with van der Waals surface area (Å²) in [6, 6.07) is 9.64. The third-order valence-electron chi connectivity index (χ3n) is 3.31. The molecule has 1 aliphatic heterocycles. The SMILES string of the molecule is CCNc1cc(CC)nc(C2COc3ccccc3O2)n1. The highest BCUT2D eigenvalue weighted by Crippen LogP contribution is 2.35. The van der Waals surface area contributed by atoms with E-state index in [1.807, 2.05) is 37.3 Å². The van der Waals surface area contributed by atoms with Crippen LogP contribution in [0, 0.1) is 0 Å². The lowest BCUT2D eigenvalue weighted by Crippen LogP contribution is -2.24. The predicted octanol–water partition coefficient (Wildman–Crippen LogP) is 2.98. The maximum Gasteiger partial charge on any atom is 0.192 e. The first kappa shape index (κ1) is 13.7. The molecule has 5 nitrogen and oxygen atoms in total. The second-order valence-corrected chi connectivity index (χ2v) is 4.85. The molecule has 1 aliphatic rings. The Morgan fingerprint density at radius 2 is 2.00 bits per heavy atom. The van der Waals surface area contributed by atoms with Gasteiger partial charge in [0.15, 0.2) is 23.4 Å². The molecule has 1 aromatic carbocycles. The van der Waals surface area contributed by atoms with E-state index in [2.05, 4.69) is 22.2 Å². The molecule has 110 valence electrons.